The number of ether oxygens (including phenoxy) is 1. The number of anilines is 1. The largest absolute Gasteiger partial charge is 0.481 e. The molecule has 1 amide bonds. The highest BCUT2D eigenvalue weighted by Crippen LogP contribution is 2.26. The molecule has 0 bridgehead atoms. The minimum absolute atomic E-state index is 0.129. The summed E-state index contributed by atoms with van der Waals surface area (Å²) in [5.74, 6) is 0.648. The Morgan fingerprint density at radius 1 is 1.00 bits per heavy atom. The quantitative estimate of drug-likeness (QED) is 0.894. The fraction of sp³-hybridized carbons (Fsp3) is 0.381. The van der Waals surface area contributed by atoms with Crippen LogP contribution in [0.5, 0.6) is 5.75 Å². The summed E-state index contributed by atoms with van der Waals surface area (Å²) in [6.45, 7) is 5.89. The van der Waals surface area contributed by atoms with Crippen LogP contribution in [0.2, 0.25) is 0 Å². The minimum atomic E-state index is -0.534. The molecule has 3 rings (SSSR count). The van der Waals surface area contributed by atoms with Gasteiger partial charge in [-0.05, 0) is 93.0 Å². The van der Waals surface area contributed by atoms with Gasteiger partial charge in [0.1, 0.15) is 5.75 Å². The van der Waals surface area contributed by atoms with Gasteiger partial charge in [-0.15, -0.1) is 0 Å². The molecule has 0 aliphatic heterocycles. The Morgan fingerprint density at radius 2 is 1.75 bits per heavy atom. The van der Waals surface area contributed by atoms with Crippen molar-refractivity contribution in [1.29, 1.82) is 0 Å². The molecule has 2 aromatic rings. The molecule has 1 aliphatic carbocycles. The molecule has 0 saturated carbocycles. The van der Waals surface area contributed by atoms with E-state index in [0.29, 0.717) is 0 Å². The third kappa shape index (κ3) is 3.78. The van der Waals surface area contributed by atoms with Crippen molar-refractivity contribution in [2.45, 2.75) is 52.6 Å². The first kappa shape index (κ1) is 16.6. The Hall–Kier alpha value is -2.29. The third-order valence-corrected chi connectivity index (χ3v) is 4.78. The predicted molar refractivity (Wildman–Crippen MR) is 97.7 cm³/mol. The maximum atomic E-state index is 12.4. The van der Waals surface area contributed by atoms with Crippen molar-refractivity contribution >= 4 is 11.6 Å². The van der Waals surface area contributed by atoms with E-state index in [1.807, 2.05) is 31.2 Å². The first-order chi connectivity index (χ1) is 11.5. The summed E-state index contributed by atoms with van der Waals surface area (Å²) in [4.78, 5) is 12.4. The van der Waals surface area contributed by atoms with Gasteiger partial charge in [-0.3, -0.25) is 4.79 Å². The van der Waals surface area contributed by atoms with E-state index in [4.69, 9.17) is 4.74 Å². The van der Waals surface area contributed by atoms with Crippen molar-refractivity contribution < 1.29 is 9.53 Å². The van der Waals surface area contributed by atoms with Gasteiger partial charge in [0.2, 0.25) is 0 Å². The van der Waals surface area contributed by atoms with E-state index in [1.54, 1.807) is 6.92 Å². The molecule has 3 nitrogen and oxygen atoms in total. The van der Waals surface area contributed by atoms with E-state index in [1.165, 1.54) is 29.5 Å². The zero-order valence-electron chi connectivity index (χ0n) is 14.7. The summed E-state index contributed by atoms with van der Waals surface area (Å²) in [5.41, 5.74) is 5.97. The van der Waals surface area contributed by atoms with Gasteiger partial charge in [0.25, 0.3) is 5.91 Å². The fourth-order valence-corrected chi connectivity index (χ4v) is 3.10. The number of carbonyl (C=O) groups is 1. The number of fused-ring (bicyclic) bond motifs is 1. The summed E-state index contributed by atoms with van der Waals surface area (Å²) >= 11 is 0. The summed E-state index contributed by atoms with van der Waals surface area (Å²) in [7, 11) is 0. The monoisotopic (exact) mass is 323 g/mol. The van der Waals surface area contributed by atoms with Crippen molar-refractivity contribution in [2.24, 2.45) is 0 Å². The lowest BCUT2D eigenvalue weighted by Crippen LogP contribution is -2.30. The second kappa shape index (κ2) is 7.08. The highest BCUT2D eigenvalue weighted by Gasteiger charge is 2.16. The number of carbonyl (C=O) groups excluding carboxylic acids is 1. The average Bonchev–Trinajstić information content (AvgIpc) is 2.58. The van der Waals surface area contributed by atoms with Gasteiger partial charge in [0, 0.05) is 5.69 Å². The van der Waals surface area contributed by atoms with E-state index in [2.05, 4.69) is 24.4 Å². The molecule has 0 radical (unpaired) electrons. The third-order valence-electron chi connectivity index (χ3n) is 4.78. The maximum absolute atomic E-state index is 12.4. The molecule has 0 aromatic heterocycles. The predicted octanol–water partition coefficient (Wildman–Crippen LogP) is 4.59. The number of hydrogen-bond donors (Lipinski definition) is 1. The molecule has 0 spiro atoms. The van der Waals surface area contributed by atoms with E-state index < -0.39 is 6.10 Å². The standard InChI is InChI=1S/C21H25NO2/c1-14-8-10-19(12-15(14)2)22-21(23)16(3)24-20-11-9-17-6-4-5-7-18(17)13-20/h8-13,16H,4-7H2,1-3H3,(H,22,23)/t16-/m0/s1. The van der Waals surface area contributed by atoms with E-state index in [9.17, 15) is 4.79 Å². The summed E-state index contributed by atoms with van der Waals surface area (Å²) in [5, 5.41) is 2.93. The SMILES string of the molecule is Cc1ccc(NC(=O)[C@H](C)Oc2ccc3c(c2)CCCC3)cc1C. The average molecular weight is 323 g/mol. The van der Waals surface area contributed by atoms with Crippen LogP contribution in [-0.4, -0.2) is 12.0 Å². The molecule has 24 heavy (non-hydrogen) atoms. The molecule has 0 unspecified atom stereocenters. The van der Waals surface area contributed by atoms with Crippen LogP contribution in [0.15, 0.2) is 36.4 Å². The Morgan fingerprint density at radius 3 is 2.50 bits per heavy atom. The van der Waals surface area contributed by atoms with Crippen LogP contribution < -0.4 is 10.1 Å². The number of hydrogen-bond acceptors (Lipinski definition) is 2. The van der Waals surface area contributed by atoms with Crippen molar-refractivity contribution in [3.05, 3.63) is 58.7 Å². The summed E-state index contributed by atoms with van der Waals surface area (Å²) < 4.78 is 5.86. The first-order valence-electron chi connectivity index (χ1n) is 8.69. The van der Waals surface area contributed by atoms with Crippen molar-refractivity contribution in [1.82, 2.24) is 0 Å². The number of benzene rings is 2. The molecule has 126 valence electrons. The Labute approximate surface area is 144 Å². The van der Waals surface area contributed by atoms with Crippen molar-refractivity contribution in [3.63, 3.8) is 0 Å². The van der Waals surface area contributed by atoms with E-state index in [-0.39, 0.29) is 5.91 Å². The molecule has 3 heteroatoms. The molecular formula is C21H25NO2. The lowest BCUT2D eigenvalue weighted by molar-refractivity contribution is -0.122. The molecule has 2 aromatic carbocycles. The molecule has 1 aliphatic rings. The number of rotatable bonds is 4. The van der Waals surface area contributed by atoms with Crippen LogP contribution in [0, 0.1) is 13.8 Å². The topological polar surface area (TPSA) is 38.3 Å². The van der Waals surface area contributed by atoms with Crippen LogP contribution in [0.3, 0.4) is 0 Å². The first-order valence-corrected chi connectivity index (χ1v) is 8.69. The Balaban J connectivity index is 1.64. The van der Waals surface area contributed by atoms with Gasteiger partial charge < -0.3 is 10.1 Å². The summed E-state index contributed by atoms with van der Waals surface area (Å²) in [6, 6.07) is 12.1. The van der Waals surface area contributed by atoms with E-state index >= 15 is 0 Å². The van der Waals surface area contributed by atoms with Gasteiger partial charge in [-0.25, -0.2) is 0 Å². The van der Waals surface area contributed by atoms with Crippen LogP contribution in [0.4, 0.5) is 5.69 Å². The molecule has 0 fully saturated rings. The minimum Gasteiger partial charge on any atom is -0.481 e. The highest BCUT2D eigenvalue weighted by atomic mass is 16.5. The van der Waals surface area contributed by atoms with E-state index in [0.717, 1.165) is 29.8 Å². The molecule has 1 atom stereocenters. The lowest BCUT2D eigenvalue weighted by atomic mass is 9.92. The second-order valence-corrected chi connectivity index (χ2v) is 6.69. The molecule has 0 saturated heterocycles. The van der Waals surface area contributed by atoms with Gasteiger partial charge in [0.15, 0.2) is 6.10 Å². The number of amides is 1. The van der Waals surface area contributed by atoms with Crippen LogP contribution in [0.1, 0.15) is 42.0 Å². The zero-order chi connectivity index (χ0) is 17.1. The molecular weight excluding hydrogens is 298 g/mol. The zero-order valence-corrected chi connectivity index (χ0v) is 14.7. The number of nitrogens with one attached hydrogen (secondary N) is 1. The fourth-order valence-electron chi connectivity index (χ4n) is 3.10. The smallest absolute Gasteiger partial charge is 0.265 e. The highest BCUT2D eigenvalue weighted by molar-refractivity contribution is 5.94. The van der Waals surface area contributed by atoms with Gasteiger partial charge >= 0.3 is 0 Å². The van der Waals surface area contributed by atoms with Crippen LogP contribution in [0.25, 0.3) is 0 Å². The van der Waals surface area contributed by atoms with Crippen LogP contribution >= 0.6 is 0 Å². The number of aryl methyl sites for hydroxylation is 4. The van der Waals surface area contributed by atoms with Crippen LogP contribution in [-0.2, 0) is 17.6 Å². The second-order valence-electron chi connectivity index (χ2n) is 6.69. The lowest BCUT2D eigenvalue weighted by Gasteiger charge is -2.19. The van der Waals surface area contributed by atoms with Gasteiger partial charge in [-0.1, -0.05) is 12.1 Å². The normalized spacial score (nSPS) is 14.6. The molecule has 0 heterocycles. The van der Waals surface area contributed by atoms with Gasteiger partial charge in [0.05, 0.1) is 0 Å². The van der Waals surface area contributed by atoms with Gasteiger partial charge in [-0.2, -0.15) is 0 Å². The Kier molecular flexibility index (Phi) is 4.89. The van der Waals surface area contributed by atoms with Crippen molar-refractivity contribution in [2.75, 3.05) is 5.32 Å². The molecule has 1 N–H and O–H groups in total. The summed E-state index contributed by atoms with van der Waals surface area (Å²) in [6.07, 6.45) is 4.23. The van der Waals surface area contributed by atoms with Crippen molar-refractivity contribution in [3.8, 4) is 5.75 Å². The maximum Gasteiger partial charge on any atom is 0.265 e. The Bertz CT molecular complexity index is 751.